The average Bonchev–Trinajstić information content (AvgIpc) is 3.66. The van der Waals surface area contributed by atoms with Gasteiger partial charge in [0, 0.05) is 45.7 Å². The van der Waals surface area contributed by atoms with Gasteiger partial charge in [-0.2, -0.15) is 4.39 Å². The van der Waals surface area contributed by atoms with Crippen molar-refractivity contribution < 1.29 is 23.1 Å². The van der Waals surface area contributed by atoms with Crippen molar-refractivity contribution in [2.24, 2.45) is 5.92 Å². The summed E-state index contributed by atoms with van der Waals surface area (Å²) in [4.78, 5) is 35.7. The van der Waals surface area contributed by atoms with E-state index in [2.05, 4.69) is 20.6 Å². The molecule has 1 aliphatic carbocycles. The Kier molecular flexibility index (Phi) is 5.57. The van der Waals surface area contributed by atoms with Crippen LogP contribution in [-0.2, 0) is 11.3 Å². The van der Waals surface area contributed by atoms with Crippen LogP contribution in [0.4, 0.5) is 20.2 Å². The van der Waals surface area contributed by atoms with Crippen LogP contribution in [0.25, 0.3) is 0 Å². The highest BCUT2D eigenvalue weighted by Gasteiger charge is 2.42. The second kappa shape index (κ2) is 8.54. The number of amides is 2. The molecule has 0 aromatic carbocycles. The van der Waals surface area contributed by atoms with Crippen molar-refractivity contribution in [3.63, 3.8) is 0 Å². The Hall–Kier alpha value is -3.34. The molecular weight excluding hydrogens is 434 g/mol. The van der Waals surface area contributed by atoms with E-state index in [0.717, 1.165) is 12.8 Å². The van der Waals surface area contributed by atoms with Crippen LogP contribution < -0.4 is 20.3 Å². The number of nitrogens with one attached hydrogen (secondary N) is 2. The quantitative estimate of drug-likeness (QED) is 0.656. The number of ether oxygens (including phenoxy) is 1. The number of halogens is 2. The summed E-state index contributed by atoms with van der Waals surface area (Å²) in [5.74, 6) is -1.59. The highest BCUT2D eigenvalue weighted by molar-refractivity contribution is 5.98. The first kappa shape index (κ1) is 21.5. The molecule has 2 aliphatic heterocycles. The van der Waals surface area contributed by atoms with Gasteiger partial charge in [0.1, 0.15) is 11.4 Å². The fraction of sp³-hybridized carbons (Fsp3) is 0.455. The lowest BCUT2D eigenvalue weighted by atomic mass is 10.1. The van der Waals surface area contributed by atoms with E-state index in [-0.39, 0.29) is 41.2 Å². The number of carbonyl (C=O) groups excluding carboxylic acids is 2. The Bertz CT molecular complexity index is 1100. The Labute approximate surface area is 189 Å². The van der Waals surface area contributed by atoms with Crippen molar-refractivity contribution in [1.82, 2.24) is 20.2 Å². The van der Waals surface area contributed by atoms with Gasteiger partial charge < -0.3 is 20.3 Å². The minimum atomic E-state index is -0.702. The van der Waals surface area contributed by atoms with Gasteiger partial charge in [-0.15, -0.1) is 0 Å². The summed E-state index contributed by atoms with van der Waals surface area (Å²) in [7, 11) is 1.46. The zero-order valence-corrected chi connectivity index (χ0v) is 18.1. The van der Waals surface area contributed by atoms with Crippen molar-refractivity contribution in [2.45, 2.75) is 25.5 Å². The topological polar surface area (TPSA) is 99.7 Å². The minimum absolute atomic E-state index is 0.0193. The van der Waals surface area contributed by atoms with Gasteiger partial charge in [-0.1, -0.05) is 0 Å². The van der Waals surface area contributed by atoms with Crippen LogP contribution in [0.5, 0.6) is 5.75 Å². The molecule has 1 saturated heterocycles. The van der Waals surface area contributed by atoms with Gasteiger partial charge in [0.25, 0.3) is 11.8 Å². The molecule has 2 fully saturated rings. The second-order valence-electron chi connectivity index (χ2n) is 8.47. The zero-order valence-electron chi connectivity index (χ0n) is 18.1. The Balaban J connectivity index is 1.23. The molecule has 11 heteroatoms. The number of carbonyl (C=O) groups is 2. The SMILES string of the molecule is CNC(=O)c1ccc(N2CCN(Cc3ncc4c(c3F)NC(=O)C(C3CC3)O4)CC2)c(F)n1. The normalized spacial score (nSPS) is 20.6. The summed E-state index contributed by atoms with van der Waals surface area (Å²) in [6, 6.07) is 3.03. The zero-order chi connectivity index (χ0) is 23.1. The third kappa shape index (κ3) is 4.20. The molecular formula is C22H24F2N6O3. The maximum atomic E-state index is 15.1. The van der Waals surface area contributed by atoms with Crippen LogP contribution in [0.2, 0.25) is 0 Å². The van der Waals surface area contributed by atoms with Gasteiger partial charge >= 0.3 is 0 Å². The Morgan fingerprint density at radius 2 is 2.00 bits per heavy atom. The van der Waals surface area contributed by atoms with Crippen LogP contribution in [0.1, 0.15) is 29.0 Å². The van der Waals surface area contributed by atoms with Crippen LogP contribution in [0, 0.1) is 17.7 Å². The van der Waals surface area contributed by atoms with Gasteiger partial charge in [0.15, 0.2) is 17.7 Å². The first-order valence-corrected chi connectivity index (χ1v) is 11.0. The summed E-state index contributed by atoms with van der Waals surface area (Å²) >= 11 is 0. The fourth-order valence-corrected chi connectivity index (χ4v) is 4.20. The number of nitrogens with zero attached hydrogens (tertiary/aromatic N) is 4. The van der Waals surface area contributed by atoms with Gasteiger partial charge in [-0.3, -0.25) is 19.5 Å². The molecule has 1 atom stereocenters. The molecule has 2 N–H and O–H groups in total. The van der Waals surface area contributed by atoms with E-state index in [1.807, 2.05) is 9.80 Å². The van der Waals surface area contributed by atoms with Crippen molar-refractivity contribution in [3.8, 4) is 5.75 Å². The van der Waals surface area contributed by atoms with Crippen molar-refractivity contribution >= 4 is 23.2 Å². The van der Waals surface area contributed by atoms with E-state index in [1.54, 1.807) is 6.07 Å². The Morgan fingerprint density at radius 3 is 2.67 bits per heavy atom. The summed E-state index contributed by atoms with van der Waals surface area (Å²) < 4.78 is 35.2. The summed E-state index contributed by atoms with van der Waals surface area (Å²) in [5, 5.41) is 5.06. The molecule has 174 valence electrons. The highest BCUT2D eigenvalue weighted by atomic mass is 19.1. The number of pyridine rings is 2. The molecule has 0 bridgehead atoms. The number of anilines is 2. The highest BCUT2D eigenvalue weighted by Crippen LogP contribution is 2.41. The van der Waals surface area contributed by atoms with Crippen LogP contribution in [0.3, 0.4) is 0 Å². The fourth-order valence-electron chi connectivity index (χ4n) is 4.20. The standard InChI is InChI=1S/C22H24F2N6O3/c1-25-21(31)13-4-5-15(20(24)27-13)30-8-6-29(7-9-30)11-14-17(23)18-16(10-26-14)33-19(12-2-3-12)22(32)28-18/h4-5,10,12,19H,2-3,6-9,11H2,1H3,(H,25,31)(H,28,32). The van der Waals surface area contributed by atoms with Crippen LogP contribution in [0.15, 0.2) is 18.3 Å². The largest absolute Gasteiger partial charge is 0.476 e. The molecule has 33 heavy (non-hydrogen) atoms. The third-order valence-corrected chi connectivity index (χ3v) is 6.24. The molecule has 1 unspecified atom stereocenters. The number of aromatic nitrogens is 2. The number of fused-ring (bicyclic) bond motifs is 1. The molecule has 2 aromatic heterocycles. The predicted octanol–water partition coefficient (Wildman–Crippen LogP) is 1.55. The van der Waals surface area contributed by atoms with E-state index in [4.69, 9.17) is 4.74 Å². The lowest BCUT2D eigenvalue weighted by Gasteiger charge is -2.36. The van der Waals surface area contributed by atoms with Crippen LogP contribution >= 0.6 is 0 Å². The molecule has 0 radical (unpaired) electrons. The maximum absolute atomic E-state index is 15.1. The maximum Gasteiger partial charge on any atom is 0.269 e. The lowest BCUT2D eigenvalue weighted by Crippen LogP contribution is -2.46. The third-order valence-electron chi connectivity index (χ3n) is 6.24. The Morgan fingerprint density at radius 1 is 1.24 bits per heavy atom. The molecule has 3 aliphatic rings. The van der Waals surface area contributed by atoms with Gasteiger partial charge in [0.2, 0.25) is 5.95 Å². The van der Waals surface area contributed by atoms with E-state index in [0.29, 0.717) is 31.9 Å². The monoisotopic (exact) mass is 458 g/mol. The van der Waals surface area contributed by atoms with Crippen molar-refractivity contribution in [2.75, 3.05) is 43.4 Å². The van der Waals surface area contributed by atoms with Crippen molar-refractivity contribution in [1.29, 1.82) is 0 Å². The molecule has 9 nitrogen and oxygen atoms in total. The van der Waals surface area contributed by atoms with Gasteiger partial charge in [-0.25, -0.2) is 9.37 Å². The molecule has 4 heterocycles. The van der Waals surface area contributed by atoms with E-state index >= 15 is 4.39 Å². The average molecular weight is 458 g/mol. The minimum Gasteiger partial charge on any atom is -0.476 e. The molecule has 0 spiro atoms. The molecule has 1 saturated carbocycles. The van der Waals surface area contributed by atoms with Gasteiger partial charge in [-0.05, 0) is 25.0 Å². The summed E-state index contributed by atoms with van der Waals surface area (Å²) in [6.07, 6.45) is 2.77. The summed E-state index contributed by atoms with van der Waals surface area (Å²) in [6.45, 7) is 2.38. The molecule has 2 amide bonds. The number of hydrogen-bond donors (Lipinski definition) is 2. The smallest absolute Gasteiger partial charge is 0.269 e. The number of hydrogen-bond acceptors (Lipinski definition) is 7. The van der Waals surface area contributed by atoms with Crippen molar-refractivity contribution in [3.05, 3.63) is 41.5 Å². The molecule has 2 aromatic rings. The van der Waals surface area contributed by atoms with E-state index < -0.39 is 23.8 Å². The van der Waals surface area contributed by atoms with Crippen LogP contribution in [-0.4, -0.2) is 66.0 Å². The predicted molar refractivity (Wildman–Crippen MR) is 115 cm³/mol. The molecule has 5 rings (SSSR count). The van der Waals surface area contributed by atoms with E-state index in [1.165, 1.54) is 19.3 Å². The number of piperazine rings is 1. The first-order chi connectivity index (χ1) is 15.9. The second-order valence-corrected chi connectivity index (χ2v) is 8.47. The number of rotatable bonds is 5. The summed E-state index contributed by atoms with van der Waals surface area (Å²) in [5.41, 5.74) is 0.611. The van der Waals surface area contributed by atoms with E-state index in [9.17, 15) is 14.0 Å². The first-order valence-electron chi connectivity index (χ1n) is 11.0. The lowest BCUT2D eigenvalue weighted by molar-refractivity contribution is -0.124. The van der Waals surface area contributed by atoms with Gasteiger partial charge in [0.05, 0.1) is 17.6 Å².